The second-order valence-corrected chi connectivity index (χ2v) is 5.20. The molecule has 0 aromatic heterocycles. The van der Waals surface area contributed by atoms with Crippen LogP contribution in [0.1, 0.15) is 25.7 Å². The number of likely N-dealkylation sites (tertiary alicyclic amines) is 1. The molecule has 1 saturated carbocycles. The Morgan fingerprint density at radius 2 is 2.06 bits per heavy atom. The Bertz CT molecular complexity index is 318. The van der Waals surface area contributed by atoms with Gasteiger partial charge in [0.05, 0.1) is 6.54 Å². The molecule has 0 spiro atoms. The average molecular weight is 255 g/mol. The summed E-state index contributed by atoms with van der Waals surface area (Å²) in [5, 5.41) is 14.5. The maximum Gasteiger partial charge on any atom is 0.317 e. The molecule has 2 rings (SSSR count). The minimum Gasteiger partial charge on any atom is -0.480 e. The standard InChI is InChI=1S/C12H21N3O3/c16-11(17)7-13-6-9-2-1-5-15(8-9)12(18)14-10-3-4-10/h9-10,13H,1-8H2,(H,14,18)(H,16,17). The summed E-state index contributed by atoms with van der Waals surface area (Å²) in [5.41, 5.74) is 0. The van der Waals surface area contributed by atoms with Crippen LogP contribution in [0, 0.1) is 5.92 Å². The van der Waals surface area contributed by atoms with Crippen LogP contribution in [-0.4, -0.2) is 54.2 Å². The molecule has 3 N–H and O–H groups in total. The van der Waals surface area contributed by atoms with Crippen molar-refractivity contribution < 1.29 is 14.7 Å². The summed E-state index contributed by atoms with van der Waals surface area (Å²) in [6, 6.07) is 0.434. The van der Waals surface area contributed by atoms with Crippen LogP contribution < -0.4 is 10.6 Å². The zero-order chi connectivity index (χ0) is 13.0. The third-order valence-electron chi connectivity index (χ3n) is 3.42. The van der Waals surface area contributed by atoms with Crippen molar-refractivity contribution in [1.29, 1.82) is 0 Å². The van der Waals surface area contributed by atoms with Crippen LogP contribution in [0.2, 0.25) is 0 Å². The molecule has 1 unspecified atom stereocenters. The lowest BCUT2D eigenvalue weighted by Gasteiger charge is -2.32. The molecule has 0 aromatic rings. The van der Waals surface area contributed by atoms with Crippen LogP contribution in [-0.2, 0) is 4.79 Å². The molecule has 1 aliphatic carbocycles. The Balaban J connectivity index is 1.69. The van der Waals surface area contributed by atoms with E-state index in [0.717, 1.165) is 38.8 Å². The molecule has 0 aromatic carbocycles. The summed E-state index contributed by atoms with van der Waals surface area (Å²) < 4.78 is 0. The minimum absolute atomic E-state index is 0.00916. The molecule has 1 atom stereocenters. The predicted molar refractivity (Wildman–Crippen MR) is 66.4 cm³/mol. The van der Waals surface area contributed by atoms with E-state index in [2.05, 4.69) is 10.6 Å². The van der Waals surface area contributed by atoms with Gasteiger partial charge in [-0.1, -0.05) is 0 Å². The Morgan fingerprint density at radius 1 is 1.28 bits per heavy atom. The van der Waals surface area contributed by atoms with E-state index in [9.17, 15) is 9.59 Å². The Hall–Kier alpha value is -1.30. The van der Waals surface area contributed by atoms with Gasteiger partial charge in [-0.25, -0.2) is 4.79 Å². The maximum absolute atomic E-state index is 11.9. The van der Waals surface area contributed by atoms with Gasteiger partial charge < -0.3 is 20.6 Å². The minimum atomic E-state index is -0.839. The van der Waals surface area contributed by atoms with E-state index in [-0.39, 0.29) is 12.6 Å². The third-order valence-corrected chi connectivity index (χ3v) is 3.42. The Kier molecular flexibility index (Phi) is 4.41. The number of carbonyl (C=O) groups excluding carboxylic acids is 1. The highest BCUT2D eigenvalue weighted by Gasteiger charge is 2.28. The van der Waals surface area contributed by atoms with Gasteiger partial charge in [-0.3, -0.25) is 4.79 Å². The summed E-state index contributed by atoms with van der Waals surface area (Å²) >= 11 is 0. The lowest BCUT2D eigenvalue weighted by Crippen LogP contribution is -2.48. The number of piperidine rings is 1. The normalized spacial score (nSPS) is 23.8. The highest BCUT2D eigenvalue weighted by atomic mass is 16.4. The molecule has 0 bridgehead atoms. The topological polar surface area (TPSA) is 81.7 Å². The number of carbonyl (C=O) groups is 2. The summed E-state index contributed by atoms with van der Waals surface area (Å²) in [4.78, 5) is 24.1. The summed E-state index contributed by atoms with van der Waals surface area (Å²) in [7, 11) is 0. The first kappa shape index (κ1) is 13.1. The van der Waals surface area contributed by atoms with Gasteiger partial charge in [0, 0.05) is 25.7 Å². The highest BCUT2D eigenvalue weighted by Crippen LogP contribution is 2.20. The lowest BCUT2D eigenvalue weighted by molar-refractivity contribution is -0.136. The van der Waals surface area contributed by atoms with Gasteiger partial charge in [0.1, 0.15) is 0 Å². The van der Waals surface area contributed by atoms with Gasteiger partial charge in [0.2, 0.25) is 0 Å². The van der Waals surface area contributed by atoms with Gasteiger partial charge in [0.15, 0.2) is 0 Å². The average Bonchev–Trinajstić information content (AvgIpc) is 3.13. The number of rotatable bonds is 5. The van der Waals surface area contributed by atoms with E-state index in [1.807, 2.05) is 4.90 Å². The monoisotopic (exact) mass is 255 g/mol. The number of hydrogen-bond donors (Lipinski definition) is 3. The van der Waals surface area contributed by atoms with E-state index in [1.165, 1.54) is 0 Å². The van der Waals surface area contributed by atoms with Crippen molar-refractivity contribution in [2.75, 3.05) is 26.2 Å². The number of carboxylic acid groups (broad SMARTS) is 1. The van der Waals surface area contributed by atoms with Crippen molar-refractivity contribution in [2.24, 2.45) is 5.92 Å². The van der Waals surface area contributed by atoms with E-state index >= 15 is 0 Å². The van der Waals surface area contributed by atoms with Crippen LogP contribution in [0.25, 0.3) is 0 Å². The molecular weight excluding hydrogens is 234 g/mol. The van der Waals surface area contributed by atoms with E-state index in [4.69, 9.17) is 5.11 Å². The molecule has 1 heterocycles. The number of urea groups is 1. The second kappa shape index (κ2) is 6.04. The quantitative estimate of drug-likeness (QED) is 0.657. The van der Waals surface area contributed by atoms with Crippen molar-refractivity contribution in [1.82, 2.24) is 15.5 Å². The van der Waals surface area contributed by atoms with Gasteiger partial charge >= 0.3 is 12.0 Å². The van der Waals surface area contributed by atoms with E-state index in [1.54, 1.807) is 0 Å². The van der Waals surface area contributed by atoms with Gasteiger partial charge in [-0.15, -0.1) is 0 Å². The second-order valence-electron chi connectivity index (χ2n) is 5.20. The zero-order valence-corrected chi connectivity index (χ0v) is 10.5. The van der Waals surface area contributed by atoms with Crippen molar-refractivity contribution in [2.45, 2.75) is 31.7 Å². The van der Waals surface area contributed by atoms with E-state index in [0.29, 0.717) is 18.5 Å². The first-order valence-electron chi connectivity index (χ1n) is 6.63. The Labute approximate surface area is 107 Å². The molecule has 1 aliphatic heterocycles. The number of amides is 2. The molecule has 1 saturated heterocycles. The smallest absolute Gasteiger partial charge is 0.317 e. The van der Waals surface area contributed by atoms with Crippen LogP contribution in [0.15, 0.2) is 0 Å². The van der Waals surface area contributed by atoms with Crippen molar-refractivity contribution in [3.05, 3.63) is 0 Å². The summed E-state index contributed by atoms with van der Waals surface area (Å²) in [6.45, 7) is 2.20. The summed E-state index contributed by atoms with van der Waals surface area (Å²) in [6.07, 6.45) is 4.25. The van der Waals surface area contributed by atoms with Crippen molar-refractivity contribution in [3.63, 3.8) is 0 Å². The predicted octanol–water partition coefficient (Wildman–Crippen LogP) is 0.245. The maximum atomic E-state index is 11.9. The number of hydrogen-bond acceptors (Lipinski definition) is 3. The fourth-order valence-corrected chi connectivity index (χ4v) is 2.29. The van der Waals surface area contributed by atoms with Gasteiger partial charge in [-0.2, -0.15) is 0 Å². The van der Waals surface area contributed by atoms with Crippen molar-refractivity contribution >= 4 is 12.0 Å². The molecule has 6 nitrogen and oxygen atoms in total. The molecule has 6 heteroatoms. The van der Waals surface area contributed by atoms with Crippen molar-refractivity contribution in [3.8, 4) is 0 Å². The SMILES string of the molecule is O=C(O)CNCC1CCCN(C(=O)NC2CC2)C1. The van der Waals surface area contributed by atoms with Gasteiger partial charge in [0.25, 0.3) is 0 Å². The lowest BCUT2D eigenvalue weighted by atomic mass is 9.98. The third kappa shape index (κ3) is 4.18. The number of aliphatic carboxylic acids is 1. The fourth-order valence-electron chi connectivity index (χ4n) is 2.29. The van der Waals surface area contributed by atoms with Crippen LogP contribution >= 0.6 is 0 Å². The molecule has 102 valence electrons. The molecular formula is C12H21N3O3. The van der Waals surface area contributed by atoms with Crippen LogP contribution in [0.3, 0.4) is 0 Å². The van der Waals surface area contributed by atoms with Crippen LogP contribution in [0.4, 0.5) is 4.79 Å². The molecule has 2 aliphatic rings. The largest absolute Gasteiger partial charge is 0.480 e. The molecule has 2 amide bonds. The first-order chi connectivity index (χ1) is 8.65. The first-order valence-corrected chi connectivity index (χ1v) is 6.63. The summed E-state index contributed by atoms with van der Waals surface area (Å²) in [5.74, 6) is -0.475. The Morgan fingerprint density at radius 3 is 2.72 bits per heavy atom. The zero-order valence-electron chi connectivity index (χ0n) is 10.5. The van der Waals surface area contributed by atoms with Crippen LogP contribution in [0.5, 0.6) is 0 Å². The molecule has 0 radical (unpaired) electrons. The highest BCUT2D eigenvalue weighted by molar-refractivity contribution is 5.75. The molecule has 2 fully saturated rings. The van der Waals surface area contributed by atoms with Gasteiger partial charge in [-0.05, 0) is 31.6 Å². The van der Waals surface area contributed by atoms with E-state index < -0.39 is 5.97 Å². The fraction of sp³-hybridized carbons (Fsp3) is 0.833. The number of carboxylic acids is 1. The number of nitrogens with one attached hydrogen (secondary N) is 2. The molecule has 18 heavy (non-hydrogen) atoms. The number of nitrogens with zero attached hydrogens (tertiary/aromatic N) is 1.